The van der Waals surface area contributed by atoms with Gasteiger partial charge in [-0.15, -0.1) is 0 Å². The van der Waals surface area contributed by atoms with Crippen molar-refractivity contribution in [3.63, 3.8) is 0 Å². The van der Waals surface area contributed by atoms with Gasteiger partial charge in [0, 0.05) is 29.0 Å². The fourth-order valence-corrected chi connectivity index (χ4v) is 2.45. The Labute approximate surface area is 152 Å². The van der Waals surface area contributed by atoms with E-state index in [0.717, 1.165) is 23.5 Å². The highest BCUT2D eigenvalue weighted by Crippen LogP contribution is 2.24. The first-order valence-electron chi connectivity index (χ1n) is 8.23. The maximum Gasteiger partial charge on any atom is 0.225 e. The summed E-state index contributed by atoms with van der Waals surface area (Å²) in [5.74, 6) is 1.26. The summed E-state index contributed by atoms with van der Waals surface area (Å²) in [6, 6.07) is 15.4. The minimum absolute atomic E-state index is 0.276. The van der Waals surface area contributed by atoms with Gasteiger partial charge in [0.05, 0.1) is 11.4 Å². The van der Waals surface area contributed by atoms with Crippen LogP contribution in [0.25, 0.3) is 11.4 Å². The third-order valence-electron chi connectivity index (χ3n) is 3.74. The molecule has 0 amide bonds. The topological polar surface area (TPSA) is 62.7 Å². The zero-order valence-electron chi connectivity index (χ0n) is 14.2. The van der Waals surface area contributed by atoms with E-state index in [-0.39, 0.29) is 6.04 Å². The van der Waals surface area contributed by atoms with E-state index in [4.69, 9.17) is 11.6 Å². The SMILES string of the molecule is CC[C@@H](C)Nc1nc(Nc2cccc(Cl)c2)cc(-c2ccccn2)n1. The van der Waals surface area contributed by atoms with Gasteiger partial charge in [-0.25, -0.2) is 4.98 Å². The van der Waals surface area contributed by atoms with Crippen molar-refractivity contribution in [2.45, 2.75) is 26.3 Å². The van der Waals surface area contributed by atoms with Crippen LogP contribution in [0.4, 0.5) is 17.5 Å². The fourth-order valence-electron chi connectivity index (χ4n) is 2.26. The van der Waals surface area contributed by atoms with Gasteiger partial charge in [0.2, 0.25) is 5.95 Å². The molecule has 2 N–H and O–H groups in total. The van der Waals surface area contributed by atoms with Crippen molar-refractivity contribution in [1.29, 1.82) is 0 Å². The summed E-state index contributed by atoms with van der Waals surface area (Å²) in [7, 11) is 0. The molecule has 1 atom stereocenters. The third-order valence-corrected chi connectivity index (χ3v) is 3.97. The van der Waals surface area contributed by atoms with Crippen LogP contribution in [0.15, 0.2) is 54.7 Å². The maximum atomic E-state index is 6.06. The lowest BCUT2D eigenvalue weighted by atomic mass is 10.2. The first-order chi connectivity index (χ1) is 12.1. The Bertz CT molecular complexity index is 838. The number of nitrogens with zero attached hydrogens (tertiary/aromatic N) is 3. The first-order valence-corrected chi connectivity index (χ1v) is 8.61. The van der Waals surface area contributed by atoms with Gasteiger partial charge in [-0.3, -0.25) is 4.98 Å². The number of nitrogens with one attached hydrogen (secondary N) is 2. The van der Waals surface area contributed by atoms with Crippen molar-refractivity contribution in [3.05, 3.63) is 59.8 Å². The molecule has 0 aliphatic carbocycles. The molecule has 128 valence electrons. The number of rotatable bonds is 6. The van der Waals surface area contributed by atoms with Gasteiger partial charge in [0.15, 0.2) is 0 Å². The maximum absolute atomic E-state index is 6.06. The van der Waals surface area contributed by atoms with Gasteiger partial charge in [0.25, 0.3) is 0 Å². The molecule has 0 saturated carbocycles. The molecule has 0 radical (unpaired) electrons. The molecule has 2 heterocycles. The quantitative estimate of drug-likeness (QED) is 0.642. The molecule has 0 bridgehead atoms. The van der Waals surface area contributed by atoms with Crippen molar-refractivity contribution < 1.29 is 0 Å². The lowest BCUT2D eigenvalue weighted by Gasteiger charge is -2.14. The van der Waals surface area contributed by atoms with Crippen molar-refractivity contribution in [1.82, 2.24) is 15.0 Å². The second-order valence-corrected chi connectivity index (χ2v) is 6.20. The number of pyridine rings is 1. The van der Waals surface area contributed by atoms with Crippen LogP contribution in [0.1, 0.15) is 20.3 Å². The summed E-state index contributed by atoms with van der Waals surface area (Å²) < 4.78 is 0. The first kappa shape index (κ1) is 17.2. The second-order valence-electron chi connectivity index (χ2n) is 5.77. The highest BCUT2D eigenvalue weighted by Gasteiger charge is 2.10. The molecule has 6 heteroatoms. The molecule has 3 aromatic rings. The smallest absolute Gasteiger partial charge is 0.225 e. The van der Waals surface area contributed by atoms with Gasteiger partial charge in [0.1, 0.15) is 5.82 Å². The lowest BCUT2D eigenvalue weighted by Crippen LogP contribution is -2.16. The minimum Gasteiger partial charge on any atom is -0.352 e. The Morgan fingerprint density at radius 1 is 1.04 bits per heavy atom. The Morgan fingerprint density at radius 3 is 2.64 bits per heavy atom. The average molecular weight is 354 g/mol. The molecule has 5 nitrogen and oxygen atoms in total. The van der Waals surface area contributed by atoms with Crippen LogP contribution in [-0.4, -0.2) is 21.0 Å². The van der Waals surface area contributed by atoms with Crippen LogP contribution in [-0.2, 0) is 0 Å². The minimum atomic E-state index is 0.276. The van der Waals surface area contributed by atoms with Crippen LogP contribution in [0.2, 0.25) is 5.02 Å². The van der Waals surface area contributed by atoms with Gasteiger partial charge in [-0.05, 0) is 43.7 Å². The summed E-state index contributed by atoms with van der Waals surface area (Å²) in [6.07, 6.45) is 2.73. The molecule has 2 aromatic heterocycles. The molecule has 0 aliphatic rings. The molecule has 3 rings (SSSR count). The molecule has 0 unspecified atom stereocenters. The molecule has 0 aliphatic heterocycles. The molecule has 0 saturated heterocycles. The predicted molar refractivity (Wildman–Crippen MR) is 103 cm³/mol. The normalized spacial score (nSPS) is 11.8. The summed E-state index contributed by atoms with van der Waals surface area (Å²) >= 11 is 6.06. The third kappa shape index (κ3) is 4.67. The highest BCUT2D eigenvalue weighted by atomic mass is 35.5. The number of benzene rings is 1. The van der Waals surface area contributed by atoms with E-state index in [0.29, 0.717) is 16.8 Å². The standard InChI is InChI=1S/C19H20ClN5/c1-3-13(2)22-19-24-17(16-9-4-5-10-21-16)12-18(25-19)23-15-8-6-7-14(20)11-15/h4-13H,3H2,1-2H3,(H2,22,23,24,25)/t13-/m1/s1. The monoisotopic (exact) mass is 353 g/mol. The summed E-state index contributed by atoms with van der Waals surface area (Å²) in [6.45, 7) is 4.21. The van der Waals surface area contributed by atoms with Crippen LogP contribution in [0.5, 0.6) is 0 Å². The van der Waals surface area contributed by atoms with Crippen molar-refractivity contribution in [2.24, 2.45) is 0 Å². The number of aromatic nitrogens is 3. The Balaban J connectivity index is 1.97. The van der Waals surface area contributed by atoms with Crippen LogP contribution in [0, 0.1) is 0 Å². The predicted octanol–water partition coefficient (Wildman–Crippen LogP) is 5.15. The molecule has 0 fully saturated rings. The van der Waals surface area contributed by atoms with Crippen LogP contribution < -0.4 is 10.6 Å². The number of anilines is 3. The van der Waals surface area contributed by atoms with E-state index >= 15 is 0 Å². The number of hydrogen-bond donors (Lipinski definition) is 2. The molecular formula is C19H20ClN5. The highest BCUT2D eigenvalue weighted by molar-refractivity contribution is 6.30. The number of halogens is 1. The second kappa shape index (κ2) is 7.94. The largest absolute Gasteiger partial charge is 0.352 e. The molecule has 25 heavy (non-hydrogen) atoms. The van der Waals surface area contributed by atoms with E-state index in [1.165, 1.54) is 0 Å². The van der Waals surface area contributed by atoms with E-state index in [1.807, 2.05) is 48.5 Å². The summed E-state index contributed by atoms with van der Waals surface area (Å²) in [5.41, 5.74) is 2.42. The average Bonchev–Trinajstić information content (AvgIpc) is 2.62. The van der Waals surface area contributed by atoms with Crippen LogP contribution >= 0.6 is 11.6 Å². The zero-order valence-corrected chi connectivity index (χ0v) is 15.0. The lowest BCUT2D eigenvalue weighted by molar-refractivity contribution is 0.753. The van der Waals surface area contributed by atoms with E-state index in [2.05, 4.69) is 39.4 Å². The number of hydrogen-bond acceptors (Lipinski definition) is 5. The van der Waals surface area contributed by atoms with Crippen LogP contribution in [0.3, 0.4) is 0 Å². The van der Waals surface area contributed by atoms with Gasteiger partial charge >= 0.3 is 0 Å². The summed E-state index contributed by atoms with van der Waals surface area (Å²) in [4.78, 5) is 13.6. The Morgan fingerprint density at radius 2 is 1.92 bits per heavy atom. The Hall–Kier alpha value is -2.66. The summed E-state index contributed by atoms with van der Waals surface area (Å²) in [5, 5.41) is 7.27. The Kier molecular flexibility index (Phi) is 5.46. The molecule has 1 aromatic carbocycles. The van der Waals surface area contributed by atoms with Crippen molar-refractivity contribution in [2.75, 3.05) is 10.6 Å². The van der Waals surface area contributed by atoms with Gasteiger partial charge in [-0.2, -0.15) is 4.98 Å². The van der Waals surface area contributed by atoms with Gasteiger partial charge < -0.3 is 10.6 Å². The van der Waals surface area contributed by atoms with Crippen molar-refractivity contribution in [3.8, 4) is 11.4 Å². The van der Waals surface area contributed by atoms with Gasteiger partial charge in [-0.1, -0.05) is 30.7 Å². The molecule has 0 spiro atoms. The van der Waals surface area contributed by atoms with Crippen molar-refractivity contribution >= 4 is 29.1 Å². The van der Waals surface area contributed by atoms with E-state index < -0.39 is 0 Å². The molecular weight excluding hydrogens is 334 g/mol. The van der Waals surface area contributed by atoms with E-state index in [1.54, 1.807) is 6.20 Å². The fraction of sp³-hybridized carbons (Fsp3) is 0.211. The zero-order chi connectivity index (χ0) is 17.6. The van der Waals surface area contributed by atoms with E-state index in [9.17, 15) is 0 Å².